The van der Waals surface area contributed by atoms with Gasteiger partial charge in [0.2, 0.25) is 0 Å². The molecule has 2 rings (SSSR count). The topological polar surface area (TPSA) is 46.2 Å². The van der Waals surface area contributed by atoms with Crippen molar-refractivity contribution in [3.8, 4) is 0 Å². The Bertz CT molecular complexity index is 326. The maximum atomic E-state index is 10.0. The maximum absolute atomic E-state index is 10.0. The number of aliphatic hydroxyl groups excluding tert-OH is 1. The molecule has 1 aromatic carbocycles. The van der Waals surface area contributed by atoms with Gasteiger partial charge >= 0.3 is 0 Å². The van der Waals surface area contributed by atoms with Crippen LogP contribution in [0.4, 0.5) is 0 Å². The van der Waals surface area contributed by atoms with Crippen molar-refractivity contribution in [1.82, 2.24) is 0 Å². The molecule has 1 aliphatic carbocycles. The lowest BCUT2D eigenvalue weighted by Crippen LogP contribution is -2.36. The molecular formula is C12H17BrClNO. The molecule has 1 aromatic rings. The van der Waals surface area contributed by atoms with E-state index in [4.69, 9.17) is 5.73 Å². The fourth-order valence-electron chi connectivity index (χ4n) is 1.96. The lowest BCUT2D eigenvalue weighted by molar-refractivity contribution is 0.0414. The minimum absolute atomic E-state index is 0. The SMILES string of the molecule is Cl.N[C@@H](c1ccc(Br)cc1)[C@H](O)C1CCC1. The van der Waals surface area contributed by atoms with Crippen molar-refractivity contribution in [3.63, 3.8) is 0 Å². The summed E-state index contributed by atoms with van der Waals surface area (Å²) in [4.78, 5) is 0. The predicted octanol–water partition coefficient (Wildman–Crippen LogP) is 3.03. The van der Waals surface area contributed by atoms with Crippen LogP contribution in [0.3, 0.4) is 0 Å². The number of hydrogen-bond acceptors (Lipinski definition) is 2. The van der Waals surface area contributed by atoms with E-state index in [2.05, 4.69) is 15.9 Å². The minimum Gasteiger partial charge on any atom is -0.391 e. The Labute approximate surface area is 111 Å². The summed E-state index contributed by atoms with van der Waals surface area (Å²) in [6.45, 7) is 0. The average molecular weight is 307 g/mol. The summed E-state index contributed by atoms with van der Waals surface area (Å²) in [5.41, 5.74) is 7.05. The van der Waals surface area contributed by atoms with Crippen LogP contribution >= 0.6 is 28.3 Å². The second kappa shape index (κ2) is 6.01. The molecule has 0 bridgehead atoms. The van der Waals surface area contributed by atoms with Crippen molar-refractivity contribution in [2.45, 2.75) is 31.4 Å². The van der Waals surface area contributed by atoms with Crippen molar-refractivity contribution in [3.05, 3.63) is 34.3 Å². The Morgan fingerprint density at radius 2 is 1.81 bits per heavy atom. The van der Waals surface area contributed by atoms with E-state index in [1.807, 2.05) is 24.3 Å². The van der Waals surface area contributed by atoms with Crippen molar-refractivity contribution < 1.29 is 5.11 Å². The molecule has 0 unspecified atom stereocenters. The van der Waals surface area contributed by atoms with Crippen LogP contribution < -0.4 is 5.73 Å². The predicted molar refractivity (Wildman–Crippen MR) is 71.7 cm³/mol. The van der Waals surface area contributed by atoms with Crippen LogP contribution in [0.25, 0.3) is 0 Å². The molecule has 0 heterocycles. The van der Waals surface area contributed by atoms with E-state index < -0.39 is 0 Å². The first-order valence-electron chi connectivity index (χ1n) is 5.37. The van der Waals surface area contributed by atoms with Gasteiger partial charge in [-0.1, -0.05) is 34.5 Å². The van der Waals surface area contributed by atoms with Crippen molar-refractivity contribution in [2.75, 3.05) is 0 Å². The summed E-state index contributed by atoms with van der Waals surface area (Å²) in [6.07, 6.45) is 3.07. The van der Waals surface area contributed by atoms with Crippen molar-refractivity contribution >= 4 is 28.3 Å². The Morgan fingerprint density at radius 1 is 1.25 bits per heavy atom. The number of rotatable bonds is 3. The summed E-state index contributed by atoms with van der Waals surface area (Å²) < 4.78 is 1.04. The van der Waals surface area contributed by atoms with Gasteiger partial charge in [-0.2, -0.15) is 0 Å². The zero-order chi connectivity index (χ0) is 10.8. The third kappa shape index (κ3) is 2.98. The Kier molecular flexibility index (Phi) is 5.25. The van der Waals surface area contributed by atoms with Crippen molar-refractivity contribution in [1.29, 1.82) is 0 Å². The number of benzene rings is 1. The van der Waals surface area contributed by atoms with Crippen LogP contribution in [0.5, 0.6) is 0 Å². The molecule has 0 aliphatic heterocycles. The van der Waals surface area contributed by atoms with E-state index >= 15 is 0 Å². The van der Waals surface area contributed by atoms with Gasteiger partial charge in [0.1, 0.15) is 0 Å². The van der Waals surface area contributed by atoms with E-state index in [1.54, 1.807) is 0 Å². The molecule has 1 fully saturated rings. The molecule has 2 nitrogen and oxygen atoms in total. The Hall–Kier alpha value is -0.0900. The first-order valence-corrected chi connectivity index (χ1v) is 6.17. The van der Waals surface area contributed by atoms with Gasteiger partial charge in [-0.3, -0.25) is 0 Å². The normalized spacial score (nSPS) is 19.4. The van der Waals surface area contributed by atoms with E-state index in [1.165, 1.54) is 6.42 Å². The third-order valence-corrected chi connectivity index (χ3v) is 3.78. The Morgan fingerprint density at radius 3 is 2.25 bits per heavy atom. The van der Waals surface area contributed by atoms with Gasteiger partial charge < -0.3 is 10.8 Å². The molecule has 0 saturated heterocycles. The molecule has 16 heavy (non-hydrogen) atoms. The van der Waals surface area contributed by atoms with Crippen LogP contribution in [0.15, 0.2) is 28.7 Å². The van der Waals surface area contributed by atoms with Crippen LogP contribution in [0.1, 0.15) is 30.9 Å². The molecule has 0 aromatic heterocycles. The van der Waals surface area contributed by atoms with Gasteiger partial charge in [0.05, 0.1) is 12.1 Å². The maximum Gasteiger partial charge on any atom is 0.0760 e. The third-order valence-electron chi connectivity index (χ3n) is 3.26. The minimum atomic E-state index is -0.389. The second-order valence-electron chi connectivity index (χ2n) is 4.26. The molecule has 0 radical (unpaired) electrons. The van der Waals surface area contributed by atoms with Crippen LogP contribution in [-0.4, -0.2) is 11.2 Å². The Balaban J connectivity index is 0.00000128. The monoisotopic (exact) mass is 305 g/mol. The molecule has 90 valence electrons. The fraction of sp³-hybridized carbons (Fsp3) is 0.500. The van der Waals surface area contributed by atoms with Crippen LogP contribution in [0, 0.1) is 5.92 Å². The van der Waals surface area contributed by atoms with Crippen molar-refractivity contribution in [2.24, 2.45) is 11.7 Å². The van der Waals surface area contributed by atoms with E-state index in [9.17, 15) is 5.11 Å². The molecule has 4 heteroatoms. The standard InChI is InChI=1S/C12H16BrNO.ClH/c13-10-6-4-8(5-7-10)11(14)12(15)9-2-1-3-9;/h4-7,9,11-12,15H,1-3,14H2;1H/t11-,12+;/m0./s1. The quantitative estimate of drug-likeness (QED) is 0.901. The molecule has 1 aliphatic rings. The van der Waals surface area contributed by atoms with Gasteiger partial charge in [-0.25, -0.2) is 0 Å². The fourth-order valence-corrected chi connectivity index (χ4v) is 2.22. The number of aliphatic hydroxyl groups is 1. The molecule has 1 saturated carbocycles. The van der Waals surface area contributed by atoms with Gasteiger partial charge in [0, 0.05) is 4.47 Å². The number of halogens is 2. The highest BCUT2D eigenvalue weighted by atomic mass is 79.9. The first kappa shape index (κ1) is 14.0. The van der Waals surface area contributed by atoms with E-state index in [-0.39, 0.29) is 24.6 Å². The van der Waals surface area contributed by atoms with E-state index in [0.717, 1.165) is 22.9 Å². The number of nitrogens with two attached hydrogens (primary N) is 1. The first-order chi connectivity index (χ1) is 7.18. The van der Waals surface area contributed by atoms with Gasteiger partial charge in [-0.05, 0) is 36.5 Å². The number of hydrogen-bond donors (Lipinski definition) is 2. The lowest BCUT2D eigenvalue weighted by Gasteiger charge is -2.33. The summed E-state index contributed by atoms with van der Waals surface area (Å²) in [5, 5.41) is 10.0. The highest BCUT2D eigenvalue weighted by Gasteiger charge is 2.30. The molecule has 3 N–H and O–H groups in total. The summed E-state index contributed by atoms with van der Waals surface area (Å²) in [7, 11) is 0. The van der Waals surface area contributed by atoms with Gasteiger partial charge in [0.25, 0.3) is 0 Å². The summed E-state index contributed by atoms with van der Waals surface area (Å²) >= 11 is 3.38. The average Bonchev–Trinajstić information content (AvgIpc) is 2.15. The highest BCUT2D eigenvalue weighted by Crippen LogP contribution is 2.34. The highest BCUT2D eigenvalue weighted by molar-refractivity contribution is 9.10. The second-order valence-corrected chi connectivity index (χ2v) is 5.17. The zero-order valence-electron chi connectivity index (χ0n) is 8.97. The largest absolute Gasteiger partial charge is 0.391 e. The molecule has 0 spiro atoms. The summed E-state index contributed by atoms with van der Waals surface area (Å²) in [6, 6.07) is 7.61. The molecular weight excluding hydrogens is 289 g/mol. The zero-order valence-corrected chi connectivity index (χ0v) is 11.4. The smallest absolute Gasteiger partial charge is 0.0760 e. The van der Waals surface area contributed by atoms with Gasteiger partial charge in [0.15, 0.2) is 0 Å². The summed E-state index contributed by atoms with van der Waals surface area (Å²) in [5.74, 6) is 0.406. The van der Waals surface area contributed by atoms with Crippen LogP contribution in [0.2, 0.25) is 0 Å². The molecule has 2 atom stereocenters. The van der Waals surface area contributed by atoms with Gasteiger partial charge in [-0.15, -0.1) is 12.4 Å². The van der Waals surface area contributed by atoms with Crippen LogP contribution in [-0.2, 0) is 0 Å². The lowest BCUT2D eigenvalue weighted by atomic mass is 9.77. The molecule has 0 amide bonds. The van der Waals surface area contributed by atoms with E-state index in [0.29, 0.717) is 5.92 Å².